The van der Waals surface area contributed by atoms with Gasteiger partial charge in [0.15, 0.2) is 4.91 Å². The smallest absolute Gasteiger partial charge is 0.406 e. The number of anilines is 1. The quantitative estimate of drug-likeness (QED) is 0.681. The van der Waals surface area contributed by atoms with Crippen molar-refractivity contribution >= 4 is 15.5 Å². The largest absolute Gasteiger partial charge is 0.573 e. The molecule has 0 aliphatic heterocycles. The second kappa shape index (κ2) is 8.35. The Bertz CT molecular complexity index is 989. The minimum absolute atomic E-state index is 0.0274. The van der Waals surface area contributed by atoms with E-state index in [1.54, 1.807) is 18.2 Å². The second-order valence-electron chi connectivity index (χ2n) is 6.06. The first-order valence-corrected chi connectivity index (χ1v) is 9.59. The van der Waals surface area contributed by atoms with Crippen LogP contribution in [-0.2, 0) is 9.84 Å². The summed E-state index contributed by atoms with van der Waals surface area (Å²) in [6, 6.07) is 12.5. The van der Waals surface area contributed by atoms with E-state index in [0.29, 0.717) is 0 Å². The number of ether oxygens (including phenoxy) is 1. The Kier molecular flexibility index (Phi) is 6.36. The molecule has 0 aliphatic rings. The standard InChI is InChI=1S/C19H17F3N2O3S/c1-13(2)14-3-9-17(10-4-14)28(25,26)18(11-23)12-24-15-5-7-16(8-6-15)27-19(20,21)22/h3-10,12-13,24H,1-2H3/b18-12-. The molecule has 1 N–H and O–H groups in total. The number of nitrogens with one attached hydrogen (secondary N) is 1. The van der Waals surface area contributed by atoms with Crippen LogP contribution in [0.15, 0.2) is 64.5 Å². The lowest BCUT2D eigenvalue weighted by Crippen LogP contribution is -2.16. The van der Waals surface area contributed by atoms with Gasteiger partial charge < -0.3 is 10.1 Å². The Balaban J connectivity index is 2.19. The molecule has 0 saturated carbocycles. The highest BCUT2D eigenvalue weighted by Crippen LogP contribution is 2.25. The molecule has 9 heteroatoms. The number of allylic oxidation sites excluding steroid dienone is 1. The van der Waals surface area contributed by atoms with Gasteiger partial charge in [-0.25, -0.2) is 8.42 Å². The Labute approximate surface area is 161 Å². The maximum Gasteiger partial charge on any atom is 0.573 e. The van der Waals surface area contributed by atoms with Crippen LogP contribution >= 0.6 is 0 Å². The molecular formula is C19H17F3N2O3S. The fourth-order valence-electron chi connectivity index (χ4n) is 2.23. The van der Waals surface area contributed by atoms with Crippen molar-refractivity contribution in [3.8, 4) is 11.8 Å². The van der Waals surface area contributed by atoms with Gasteiger partial charge in [-0.05, 0) is 47.9 Å². The highest BCUT2D eigenvalue weighted by atomic mass is 32.2. The summed E-state index contributed by atoms with van der Waals surface area (Å²) in [7, 11) is -4.03. The second-order valence-corrected chi connectivity index (χ2v) is 7.98. The third-order valence-corrected chi connectivity index (χ3v) is 5.40. The number of rotatable bonds is 6. The summed E-state index contributed by atoms with van der Waals surface area (Å²) in [5.41, 5.74) is 1.24. The van der Waals surface area contributed by atoms with Crippen LogP contribution in [-0.4, -0.2) is 14.8 Å². The molecule has 2 aromatic carbocycles. The van der Waals surface area contributed by atoms with Crippen LogP contribution in [0, 0.1) is 11.3 Å². The van der Waals surface area contributed by atoms with Gasteiger partial charge in [-0.3, -0.25) is 0 Å². The van der Waals surface area contributed by atoms with E-state index in [-0.39, 0.29) is 16.5 Å². The van der Waals surface area contributed by atoms with Crippen molar-refractivity contribution in [1.82, 2.24) is 0 Å². The van der Waals surface area contributed by atoms with Gasteiger partial charge in [0, 0.05) is 11.9 Å². The van der Waals surface area contributed by atoms with Crippen molar-refractivity contribution in [3.63, 3.8) is 0 Å². The number of hydrogen-bond acceptors (Lipinski definition) is 5. The van der Waals surface area contributed by atoms with E-state index in [0.717, 1.165) is 23.9 Å². The van der Waals surface area contributed by atoms with Crippen molar-refractivity contribution in [2.75, 3.05) is 5.32 Å². The highest BCUT2D eigenvalue weighted by Gasteiger charge is 2.31. The van der Waals surface area contributed by atoms with Crippen LogP contribution in [0.5, 0.6) is 5.75 Å². The van der Waals surface area contributed by atoms with Gasteiger partial charge >= 0.3 is 6.36 Å². The summed E-state index contributed by atoms with van der Waals surface area (Å²) < 4.78 is 65.4. The molecule has 0 heterocycles. The Morgan fingerprint density at radius 1 is 1.11 bits per heavy atom. The van der Waals surface area contributed by atoms with Crippen LogP contribution in [0.4, 0.5) is 18.9 Å². The van der Waals surface area contributed by atoms with E-state index in [1.807, 2.05) is 13.8 Å². The normalized spacial score (nSPS) is 12.5. The average Bonchev–Trinajstić information content (AvgIpc) is 2.62. The number of halogens is 3. The molecule has 5 nitrogen and oxygen atoms in total. The van der Waals surface area contributed by atoms with Crippen LogP contribution in [0.3, 0.4) is 0 Å². The van der Waals surface area contributed by atoms with Crippen molar-refractivity contribution in [3.05, 3.63) is 65.2 Å². The number of nitrogens with zero attached hydrogens (tertiary/aromatic N) is 1. The number of benzene rings is 2. The summed E-state index contributed by atoms with van der Waals surface area (Å²) in [5.74, 6) is -0.186. The Morgan fingerprint density at radius 3 is 2.14 bits per heavy atom. The third kappa shape index (κ3) is 5.50. The van der Waals surface area contributed by atoms with Crippen molar-refractivity contribution in [2.45, 2.75) is 31.0 Å². The van der Waals surface area contributed by atoms with E-state index >= 15 is 0 Å². The topological polar surface area (TPSA) is 79.2 Å². The van der Waals surface area contributed by atoms with Crippen LogP contribution < -0.4 is 10.1 Å². The van der Waals surface area contributed by atoms with Crippen LogP contribution in [0.2, 0.25) is 0 Å². The Hall–Kier alpha value is -2.99. The molecular weight excluding hydrogens is 393 g/mol. The van der Waals surface area contributed by atoms with E-state index in [4.69, 9.17) is 0 Å². The molecule has 0 radical (unpaired) electrons. The molecule has 2 aromatic rings. The van der Waals surface area contributed by atoms with E-state index in [1.165, 1.54) is 24.3 Å². The molecule has 0 unspecified atom stereocenters. The third-order valence-electron chi connectivity index (χ3n) is 3.71. The minimum atomic E-state index is -4.80. The van der Waals surface area contributed by atoms with Gasteiger partial charge in [0.2, 0.25) is 9.84 Å². The monoisotopic (exact) mass is 410 g/mol. The van der Waals surface area contributed by atoms with E-state index < -0.39 is 26.9 Å². The molecule has 0 spiro atoms. The first-order valence-electron chi connectivity index (χ1n) is 8.10. The van der Waals surface area contributed by atoms with Gasteiger partial charge in [0.25, 0.3) is 0 Å². The van der Waals surface area contributed by atoms with Gasteiger partial charge in [0.1, 0.15) is 11.8 Å². The van der Waals surface area contributed by atoms with Crippen LogP contribution in [0.1, 0.15) is 25.3 Å². The van der Waals surface area contributed by atoms with Crippen molar-refractivity contribution in [2.24, 2.45) is 0 Å². The predicted octanol–water partition coefficient (Wildman–Crippen LogP) is 4.96. The molecule has 0 amide bonds. The fourth-order valence-corrected chi connectivity index (χ4v) is 3.31. The predicted molar refractivity (Wildman–Crippen MR) is 98.2 cm³/mol. The number of nitriles is 1. The van der Waals surface area contributed by atoms with E-state index in [9.17, 15) is 26.9 Å². The number of sulfone groups is 1. The first-order chi connectivity index (χ1) is 13.0. The van der Waals surface area contributed by atoms with E-state index in [2.05, 4.69) is 10.1 Å². The lowest BCUT2D eigenvalue weighted by Gasteiger charge is -2.10. The lowest BCUT2D eigenvalue weighted by molar-refractivity contribution is -0.274. The minimum Gasteiger partial charge on any atom is -0.406 e. The molecule has 148 valence electrons. The molecule has 0 atom stereocenters. The molecule has 28 heavy (non-hydrogen) atoms. The summed E-state index contributed by atoms with van der Waals surface area (Å²) in [6.45, 7) is 3.94. The number of hydrogen-bond donors (Lipinski definition) is 1. The lowest BCUT2D eigenvalue weighted by atomic mass is 10.0. The van der Waals surface area contributed by atoms with Gasteiger partial charge in [-0.15, -0.1) is 13.2 Å². The summed E-state index contributed by atoms with van der Waals surface area (Å²) in [5, 5.41) is 11.8. The van der Waals surface area contributed by atoms with Gasteiger partial charge in [0.05, 0.1) is 4.90 Å². The van der Waals surface area contributed by atoms with Gasteiger partial charge in [-0.1, -0.05) is 26.0 Å². The average molecular weight is 410 g/mol. The molecule has 2 rings (SSSR count). The highest BCUT2D eigenvalue weighted by molar-refractivity contribution is 7.95. The SMILES string of the molecule is CC(C)c1ccc(S(=O)(=O)/C(C#N)=C\Nc2ccc(OC(F)(F)F)cc2)cc1. The number of alkyl halides is 3. The van der Waals surface area contributed by atoms with Crippen molar-refractivity contribution in [1.29, 1.82) is 5.26 Å². The molecule has 0 aromatic heterocycles. The zero-order chi connectivity index (χ0) is 20.9. The summed E-state index contributed by atoms with van der Waals surface area (Å²) >= 11 is 0. The zero-order valence-corrected chi connectivity index (χ0v) is 15.8. The van der Waals surface area contributed by atoms with Crippen LogP contribution in [0.25, 0.3) is 0 Å². The van der Waals surface area contributed by atoms with Crippen molar-refractivity contribution < 1.29 is 26.3 Å². The Morgan fingerprint density at radius 2 is 1.68 bits per heavy atom. The maximum absolute atomic E-state index is 12.6. The molecule has 0 bridgehead atoms. The zero-order valence-electron chi connectivity index (χ0n) is 15.0. The molecule has 0 saturated heterocycles. The molecule has 0 fully saturated rings. The summed E-state index contributed by atoms with van der Waals surface area (Å²) in [4.78, 5) is -0.555. The maximum atomic E-state index is 12.6. The molecule has 0 aliphatic carbocycles. The van der Waals surface area contributed by atoms with Gasteiger partial charge in [-0.2, -0.15) is 5.26 Å². The summed E-state index contributed by atoms with van der Waals surface area (Å²) in [6.07, 6.45) is -3.81. The fraction of sp³-hybridized carbons (Fsp3) is 0.211. The first kappa shape index (κ1) is 21.3.